The summed E-state index contributed by atoms with van der Waals surface area (Å²) in [7, 11) is 0. The van der Waals surface area contributed by atoms with Crippen molar-refractivity contribution in [2.24, 2.45) is 11.8 Å². The van der Waals surface area contributed by atoms with Crippen molar-refractivity contribution in [1.82, 2.24) is 5.32 Å². The fraction of sp³-hybridized carbons (Fsp3) is 0.538. The maximum Gasteiger partial charge on any atom is 0.220 e. The van der Waals surface area contributed by atoms with E-state index in [0.717, 1.165) is 19.4 Å². The van der Waals surface area contributed by atoms with Gasteiger partial charge in [0.05, 0.1) is 12.2 Å². The number of hydrogen-bond acceptors (Lipinski definition) is 5. The largest absolute Gasteiger partial charge is 0.491 e. The third-order valence-electron chi connectivity index (χ3n) is 5.99. The van der Waals surface area contributed by atoms with Gasteiger partial charge in [-0.25, -0.2) is 0 Å². The van der Waals surface area contributed by atoms with Crippen molar-refractivity contribution >= 4 is 11.7 Å². The summed E-state index contributed by atoms with van der Waals surface area (Å²) in [6.07, 6.45) is 9.90. The van der Waals surface area contributed by atoms with Crippen LogP contribution in [-0.2, 0) is 9.59 Å². The number of aliphatic hydroxyl groups excluding tert-OH is 2. The maximum atomic E-state index is 12.3. The summed E-state index contributed by atoms with van der Waals surface area (Å²) in [5.74, 6) is 1.19. The summed E-state index contributed by atoms with van der Waals surface area (Å²) in [5, 5.41) is 23.5. The van der Waals surface area contributed by atoms with Crippen LogP contribution in [-0.4, -0.2) is 47.3 Å². The van der Waals surface area contributed by atoms with Gasteiger partial charge in [0.25, 0.3) is 0 Å². The predicted molar refractivity (Wildman–Crippen MR) is 123 cm³/mol. The van der Waals surface area contributed by atoms with Crippen LogP contribution in [0.3, 0.4) is 0 Å². The molecule has 0 saturated heterocycles. The Hall–Kier alpha value is -2.44. The number of amides is 1. The summed E-state index contributed by atoms with van der Waals surface area (Å²) in [4.78, 5) is 24.1. The van der Waals surface area contributed by atoms with Crippen molar-refractivity contribution in [3.8, 4) is 5.75 Å². The third kappa shape index (κ3) is 8.24. The van der Waals surface area contributed by atoms with Crippen molar-refractivity contribution in [2.45, 2.75) is 63.6 Å². The van der Waals surface area contributed by atoms with Gasteiger partial charge in [-0.1, -0.05) is 36.4 Å². The molecule has 3 rings (SSSR count). The molecule has 1 amide bonds. The van der Waals surface area contributed by atoms with Gasteiger partial charge in [0, 0.05) is 25.3 Å². The van der Waals surface area contributed by atoms with Crippen LogP contribution in [0.2, 0.25) is 0 Å². The lowest BCUT2D eigenvalue weighted by Gasteiger charge is -2.14. The monoisotopic (exact) mass is 441 g/mol. The van der Waals surface area contributed by atoms with E-state index < -0.39 is 12.2 Å². The van der Waals surface area contributed by atoms with Gasteiger partial charge < -0.3 is 20.3 Å². The molecule has 1 aromatic rings. The maximum absolute atomic E-state index is 12.3. The minimum atomic E-state index is -0.726. The molecule has 174 valence electrons. The van der Waals surface area contributed by atoms with Crippen molar-refractivity contribution in [3.63, 3.8) is 0 Å². The van der Waals surface area contributed by atoms with Crippen molar-refractivity contribution in [3.05, 3.63) is 54.1 Å². The smallest absolute Gasteiger partial charge is 0.220 e. The fourth-order valence-electron chi connectivity index (χ4n) is 3.86. The summed E-state index contributed by atoms with van der Waals surface area (Å²) >= 11 is 0. The molecule has 2 fully saturated rings. The molecule has 0 spiro atoms. The zero-order valence-corrected chi connectivity index (χ0v) is 18.6. The Balaban J connectivity index is 1.38. The number of unbranched alkanes of at least 4 members (excludes halogenated alkanes) is 1. The highest BCUT2D eigenvalue weighted by Gasteiger charge is 2.35. The second-order valence-corrected chi connectivity index (χ2v) is 8.82. The lowest BCUT2D eigenvalue weighted by atomic mass is 9.95. The molecule has 0 radical (unpaired) electrons. The van der Waals surface area contributed by atoms with Crippen molar-refractivity contribution in [1.29, 1.82) is 0 Å². The molecule has 1 aromatic carbocycles. The Labute approximate surface area is 190 Å². The van der Waals surface area contributed by atoms with Crippen LogP contribution in [0.5, 0.6) is 5.75 Å². The van der Waals surface area contributed by atoms with E-state index in [1.807, 2.05) is 42.5 Å². The average molecular weight is 442 g/mol. The Bertz CT molecular complexity index is 800. The first-order chi connectivity index (χ1) is 15.5. The number of benzene rings is 1. The van der Waals surface area contributed by atoms with Crippen molar-refractivity contribution in [2.75, 3.05) is 13.2 Å². The molecule has 0 heterocycles. The number of ketones is 1. The van der Waals surface area contributed by atoms with Gasteiger partial charge in [0.15, 0.2) is 5.78 Å². The lowest BCUT2D eigenvalue weighted by Crippen LogP contribution is -2.24. The molecule has 0 bridgehead atoms. The van der Waals surface area contributed by atoms with Gasteiger partial charge in [-0.05, 0) is 62.1 Å². The first kappa shape index (κ1) is 24.2. The second kappa shape index (κ2) is 12.6. The molecule has 2 saturated carbocycles. The highest BCUT2D eigenvalue weighted by molar-refractivity contribution is 5.98. The first-order valence-corrected chi connectivity index (χ1v) is 11.7. The van der Waals surface area contributed by atoms with Crippen LogP contribution in [0.4, 0.5) is 0 Å². The average Bonchev–Trinajstić information content (AvgIpc) is 3.58. The lowest BCUT2D eigenvalue weighted by molar-refractivity contribution is -0.121. The highest BCUT2D eigenvalue weighted by atomic mass is 16.5. The number of rotatable bonds is 13. The van der Waals surface area contributed by atoms with Gasteiger partial charge in [-0.3, -0.25) is 9.59 Å². The number of aliphatic hydroxyl groups is 2. The van der Waals surface area contributed by atoms with Crippen LogP contribution in [0.1, 0.15) is 51.4 Å². The molecule has 3 N–H and O–H groups in total. The molecular weight excluding hydrogens is 406 g/mol. The molecule has 2 aliphatic rings. The van der Waals surface area contributed by atoms with Crippen LogP contribution in [0.25, 0.3) is 0 Å². The Kier molecular flexibility index (Phi) is 9.50. The van der Waals surface area contributed by atoms with Gasteiger partial charge in [-0.15, -0.1) is 0 Å². The first-order valence-electron chi connectivity index (χ1n) is 11.7. The van der Waals surface area contributed by atoms with Gasteiger partial charge in [-0.2, -0.15) is 0 Å². The van der Waals surface area contributed by atoms with E-state index in [0.29, 0.717) is 36.5 Å². The van der Waals surface area contributed by atoms with E-state index in [4.69, 9.17) is 4.74 Å². The van der Waals surface area contributed by atoms with Crippen LogP contribution in [0.15, 0.2) is 54.1 Å². The highest BCUT2D eigenvalue weighted by Crippen LogP contribution is 2.32. The van der Waals surface area contributed by atoms with Gasteiger partial charge >= 0.3 is 0 Å². The standard InChI is InChI=1S/C26H35NO5/c28-20(18-32-21-8-4-3-5-9-21)14-15-23-22(24(29)16-25(23)30)10-6-1-2-7-11-26(31)27-17-19-12-13-19/h1,3-6,8-9,15,19-20,22,24,28-29H,2,7,10-14,16-18H2,(H,27,31)/b6-1-,23-15?/t20-,22-,24+/m1/s1. The van der Waals surface area contributed by atoms with E-state index >= 15 is 0 Å². The number of carbonyl (C=O) groups excluding carboxylic acids is 2. The molecule has 0 aliphatic heterocycles. The predicted octanol–water partition coefficient (Wildman–Crippen LogP) is 3.34. The molecule has 0 aromatic heterocycles. The minimum absolute atomic E-state index is 0.0561. The van der Waals surface area contributed by atoms with Gasteiger partial charge in [0.2, 0.25) is 5.91 Å². The summed E-state index contributed by atoms with van der Waals surface area (Å²) in [5.41, 5.74) is 0.598. The number of ether oxygens (including phenoxy) is 1. The number of Topliss-reactive ketones (excluding diaryl/α,β-unsaturated/α-hetero) is 1. The molecule has 0 unspecified atom stereocenters. The number of nitrogens with one attached hydrogen (secondary N) is 1. The van der Waals surface area contributed by atoms with Crippen LogP contribution >= 0.6 is 0 Å². The van der Waals surface area contributed by atoms with E-state index in [9.17, 15) is 19.8 Å². The molecule has 3 atom stereocenters. The molecule has 6 heteroatoms. The number of para-hydroxylation sites is 1. The summed E-state index contributed by atoms with van der Waals surface area (Å²) in [6.45, 7) is 0.952. The van der Waals surface area contributed by atoms with E-state index in [2.05, 4.69) is 5.32 Å². The van der Waals surface area contributed by atoms with Crippen LogP contribution < -0.4 is 10.1 Å². The van der Waals surface area contributed by atoms with E-state index in [1.165, 1.54) is 12.8 Å². The second-order valence-electron chi connectivity index (χ2n) is 8.82. The van der Waals surface area contributed by atoms with E-state index in [1.54, 1.807) is 6.08 Å². The molecule has 6 nitrogen and oxygen atoms in total. The van der Waals surface area contributed by atoms with Gasteiger partial charge in [0.1, 0.15) is 12.4 Å². The number of allylic oxidation sites excluding steroid dienone is 2. The molecular formula is C26H35NO5. The zero-order valence-electron chi connectivity index (χ0n) is 18.6. The minimum Gasteiger partial charge on any atom is -0.491 e. The van der Waals surface area contributed by atoms with Crippen molar-refractivity contribution < 1.29 is 24.5 Å². The summed E-state index contributed by atoms with van der Waals surface area (Å²) in [6, 6.07) is 9.27. The Morgan fingerprint density at radius 2 is 2.00 bits per heavy atom. The Morgan fingerprint density at radius 1 is 1.22 bits per heavy atom. The normalized spacial score (nSPS) is 23.1. The molecule has 32 heavy (non-hydrogen) atoms. The Morgan fingerprint density at radius 3 is 2.75 bits per heavy atom. The SMILES string of the molecule is O=C(CCC/C=C\C[C@@H]1C(=CC[C@@H](O)COc2ccccc2)C(=O)C[C@@H]1O)NCC1CC1. The zero-order chi connectivity index (χ0) is 22.8. The topological polar surface area (TPSA) is 95.9 Å². The third-order valence-corrected chi connectivity index (χ3v) is 5.99. The quantitative estimate of drug-likeness (QED) is 0.248. The van der Waals surface area contributed by atoms with Crippen LogP contribution in [0, 0.1) is 11.8 Å². The number of carbonyl (C=O) groups is 2. The number of hydrogen-bond donors (Lipinski definition) is 3. The van der Waals surface area contributed by atoms with E-state index in [-0.39, 0.29) is 30.6 Å². The molecule has 2 aliphatic carbocycles. The fourth-order valence-corrected chi connectivity index (χ4v) is 3.86. The summed E-state index contributed by atoms with van der Waals surface area (Å²) < 4.78 is 5.55.